The van der Waals surface area contributed by atoms with Crippen molar-refractivity contribution in [3.05, 3.63) is 29.3 Å². The molecule has 0 saturated carbocycles. The van der Waals surface area contributed by atoms with E-state index in [4.69, 9.17) is 16.8 Å². The number of hydrogen-bond acceptors (Lipinski definition) is 7. The van der Waals surface area contributed by atoms with Gasteiger partial charge in [-0.1, -0.05) is 22.8 Å². The fraction of sp³-hybridized carbons (Fsp3) is 0.214. The van der Waals surface area contributed by atoms with E-state index in [9.17, 15) is 14.4 Å². The lowest BCUT2D eigenvalue weighted by Crippen LogP contribution is -2.34. The third-order valence-corrected chi connectivity index (χ3v) is 2.76. The Morgan fingerprint density at radius 1 is 1.29 bits per heavy atom. The quantitative estimate of drug-likeness (QED) is 0.240. The number of carbonyl (C=O) groups excluding carboxylic acids is 3. The highest BCUT2D eigenvalue weighted by Crippen LogP contribution is 2.14. The van der Waals surface area contributed by atoms with E-state index in [1.807, 2.05) is 5.43 Å². The summed E-state index contributed by atoms with van der Waals surface area (Å²) in [5.41, 5.74) is 1.63. The van der Waals surface area contributed by atoms with Gasteiger partial charge in [0.2, 0.25) is 5.71 Å². The minimum absolute atomic E-state index is 0.0690. The number of benzene rings is 1. The number of hydrogen-bond donors (Lipinski definition) is 3. The van der Waals surface area contributed by atoms with Crippen LogP contribution >= 0.6 is 11.6 Å². The van der Waals surface area contributed by atoms with Gasteiger partial charge in [0, 0.05) is 10.7 Å². The van der Waals surface area contributed by atoms with Gasteiger partial charge in [-0.05, 0) is 32.0 Å². The number of carbonyl (C=O) groups is 3. The second-order valence-corrected chi connectivity index (χ2v) is 4.71. The van der Waals surface area contributed by atoms with E-state index in [2.05, 4.69) is 20.3 Å². The Balaban J connectivity index is 2.69. The van der Waals surface area contributed by atoms with Gasteiger partial charge in [0.1, 0.15) is 0 Å². The van der Waals surface area contributed by atoms with Crippen molar-refractivity contribution >= 4 is 46.5 Å². The molecule has 0 aliphatic heterocycles. The van der Waals surface area contributed by atoms with Crippen LogP contribution < -0.4 is 10.7 Å². The number of anilines is 1. The first-order valence-corrected chi connectivity index (χ1v) is 7.07. The summed E-state index contributed by atoms with van der Waals surface area (Å²) >= 11 is 5.76. The molecule has 0 aliphatic rings. The average Bonchev–Trinajstić information content (AvgIpc) is 2.53. The summed E-state index contributed by atoms with van der Waals surface area (Å²) in [7, 11) is 0. The molecule has 0 fully saturated rings. The Labute approximate surface area is 142 Å². The number of halogens is 1. The topological polar surface area (TPSA) is 129 Å². The molecule has 3 N–H and O–H groups in total. The van der Waals surface area contributed by atoms with Gasteiger partial charge < -0.3 is 15.3 Å². The molecule has 9 nitrogen and oxygen atoms in total. The van der Waals surface area contributed by atoms with Gasteiger partial charge in [-0.25, -0.2) is 10.2 Å². The highest BCUT2D eigenvalue weighted by atomic mass is 35.5. The van der Waals surface area contributed by atoms with Crippen molar-refractivity contribution in [3.63, 3.8) is 0 Å². The van der Waals surface area contributed by atoms with Gasteiger partial charge in [-0.15, -0.1) is 0 Å². The number of esters is 1. The summed E-state index contributed by atoms with van der Waals surface area (Å²) in [6.07, 6.45) is 0. The Kier molecular flexibility index (Phi) is 7.37. The van der Waals surface area contributed by atoms with E-state index >= 15 is 0 Å². The van der Waals surface area contributed by atoms with Crippen molar-refractivity contribution < 1.29 is 24.3 Å². The first kappa shape index (κ1) is 19.1. The van der Waals surface area contributed by atoms with Crippen LogP contribution in [0.25, 0.3) is 0 Å². The van der Waals surface area contributed by atoms with Crippen LogP contribution in [-0.2, 0) is 19.1 Å². The molecule has 0 unspecified atom stereocenters. The average molecular weight is 355 g/mol. The fourth-order valence-corrected chi connectivity index (χ4v) is 1.64. The third kappa shape index (κ3) is 5.69. The van der Waals surface area contributed by atoms with Crippen molar-refractivity contribution in [2.75, 3.05) is 11.9 Å². The molecular weight excluding hydrogens is 340 g/mol. The van der Waals surface area contributed by atoms with Gasteiger partial charge in [-0.3, -0.25) is 9.59 Å². The van der Waals surface area contributed by atoms with E-state index in [-0.39, 0.29) is 12.3 Å². The number of rotatable bonds is 5. The maximum atomic E-state index is 11.7. The highest BCUT2D eigenvalue weighted by Gasteiger charge is 2.19. The fourth-order valence-electron chi connectivity index (χ4n) is 1.45. The van der Waals surface area contributed by atoms with Crippen LogP contribution in [0.1, 0.15) is 13.8 Å². The van der Waals surface area contributed by atoms with Gasteiger partial charge in [0.15, 0.2) is 0 Å². The van der Waals surface area contributed by atoms with Crippen molar-refractivity contribution in [2.24, 2.45) is 10.3 Å². The summed E-state index contributed by atoms with van der Waals surface area (Å²) < 4.78 is 4.65. The van der Waals surface area contributed by atoms with Crippen molar-refractivity contribution in [1.29, 1.82) is 0 Å². The van der Waals surface area contributed by atoms with Gasteiger partial charge >= 0.3 is 17.8 Å². The molecule has 0 heterocycles. The summed E-state index contributed by atoms with van der Waals surface area (Å²) in [6, 6.07) is 6.21. The summed E-state index contributed by atoms with van der Waals surface area (Å²) in [5, 5.41) is 17.8. The SMILES string of the molecule is CCOC(=O)C(=N\O)/C(C)=N/NC(=O)C(=O)Nc1cccc(Cl)c1. The first-order chi connectivity index (χ1) is 11.4. The lowest BCUT2D eigenvalue weighted by molar-refractivity contribution is -0.136. The standard InChI is InChI=1S/C14H15ClN4O5/c1-3-24-14(22)11(19-23)8(2)17-18-13(21)12(20)16-10-6-4-5-9(15)7-10/h4-7,23H,3H2,1-2H3,(H,16,20)(H,18,21)/b17-8+,19-11-. The zero-order valence-corrected chi connectivity index (χ0v) is 13.6. The number of nitrogens with one attached hydrogen (secondary N) is 2. The normalized spacial score (nSPS) is 11.6. The number of oxime groups is 1. The maximum Gasteiger partial charge on any atom is 0.362 e. The number of amides is 2. The lowest BCUT2D eigenvalue weighted by atomic mass is 10.2. The maximum absolute atomic E-state index is 11.7. The van der Waals surface area contributed by atoms with Crippen molar-refractivity contribution in [2.45, 2.75) is 13.8 Å². The van der Waals surface area contributed by atoms with Crippen molar-refractivity contribution in [3.8, 4) is 0 Å². The molecule has 0 radical (unpaired) electrons. The van der Waals surface area contributed by atoms with Crippen LogP contribution in [0.5, 0.6) is 0 Å². The summed E-state index contributed by atoms with van der Waals surface area (Å²) in [5.74, 6) is -3.00. The Bertz CT molecular complexity index is 702. The zero-order valence-electron chi connectivity index (χ0n) is 12.9. The predicted octanol–water partition coefficient (Wildman–Crippen LogP) is 1.16. The highest BCUT2D eigenvalue weighted by molar-refractivity contribution is 6.65. The molecule has 0 saturated heterocycles. The molecule has 0 spiro atoms. The van der Waals surface area contributed by atoms with E-state index in [0.717, 1.165) is 0 Å². The molecule has 1 rings (SSSR count). The van der Waals surface area contributed by atoms with Crippen LogP contribution in [0.3, 0.4) is 0 Å². The Hall–Kier alpha value is -2.94. The molecule has 1 aromatic rings. The molecule has 0 aliphatic carbocycles. The monoisotopic (exact) mass is 354 g/mol. The molecule has 10 heteroatoms. The minimum atomic E-state index is -1.09. The van der Waals surface area contributed by atoms with E-state index < -0.39 is 23.5 Å². The molecule has 0 aromatic heterocycles. The zero-order chi connectivity index (χ0) is 18.1. The Morgan fingerprint density at radius 3 is 2.58 bits per heavy atom. The summed E-state index contributed by atoms with van der Waals surface area (Å²) in [4.78, 5) is 34.8. The van der Waals surface area contributed by atoms with Crippen LogP contribution in [0.15, 0.2) is 34.5 Å². The number of hydrazone groups is 1. The van der Waals surface area contributed by atoms with E-state index in [1.54, 1.807) is 25.1 Å². The largest absolute Gasteiger partial charge is 0.461 e. The van der Waals surface area contributed by atoms with Crippen LogP contribution in [0.4, 0.5) is 5.69 Å². The predicted molar refractivity (Wildman–Crippen MR) is 87.2 cm³/mol. The van der Waals surface area contributed by atoms with E-state index in [1.165, 1.54) is 13.0 Å². The number of ether oxygens (including phenoxy) is 1. The van der Waals surface area contributed by atoms with Crippen LogP contribution in [0.2, 0.25) is 5.02 Å². The molecule has 0 atom stereocenters. The summed E-state index contributed by atoms with van der Waals surface area (Å²) in [6.45, 7) is 2.93. The van der Waals surface area contributed by atoms with Crippen LogP contribution in [-0.4, -0.2) is 41.0 Å². The number of nitrogens with zero attached hydrogens (tertiary/aromatic N) is 2. The second kappa shape index (κ2) is 9.26. The van der Waals surface area contributed by atoms with Gasteiger partial charge in [-0.2, -0.15) is 5.10 Å². The van der Waals surface area contributed by atoms with Gasteiger partial charge in [0.25, 0.3) is 0 Å². The molecular formula is C14H15ClN4O5. The lowest BCUT2D eigenvalue weighted by Gasteiger charge is -2.06. The van der Waals surface area contributed by atoms with Gasteiger partial charge in [0.05, 0.1) is 12.3 Å². The minimum Gasteiger partial charge on any atom is -0.461 e. The third-order valence-electron chi connectivity index (χ3n) is 2.53. The molecule has 24 heavy (non-hydrogen) atoms. The van der Waals surface area contributed by atoms with E-state index in [0.29, 0.717) is 10.7 Å². The van der Waals surface area contributed by atoms with Crippen LogP contribution in [0, 0.1) is 0 Å². The smallest absolute Gasteiger partial charge is 0.362 e. The first-order valence-electron chi connectivity index (χ1n) is 6.69. The molecule has 2 amide bonds. The molecule has 128 valence electrons. The Morgan fingerprint density at radius 2 is 2.00 bits per heavy atom. The molecule has 0 bridgehead atoms. The van der Waals surface area contributed by atoms with Crippen molar-refractivity contribution in [1.82, 2.24) is 5.43 Å². The molecule has 1 aromatic carbocycles. The second-order valence-electron chi connectivity index (χ2n) is 4.27.